The number of hydrogen-bond donors (Lipinski definition) is 1. The largest absolute Gasteiger partial charge is 0.398 e. The van der Waals surface area contributed by atoms with Crippen molar-refractivity contribution >= 4 is 5.69 Å². The Labute approximate surface area is 109 Å². The molecule has 1 aliphatic rings. The predicted octanol–water partition coefficient (Wildman–Crippen LogP) is 3.42. The number of hydrogen-bond acceptors (Lipinski definition) is 2. The molecule has 3 heteroatoms. The number of benzene rings is 1. The van der Waals surface area contributed by atoms with Crippen LogP contribution in [-0.4, -0.2) is 18.0 Å². The number of nitrogen functional groups attached to an aromatic ring is 1. The van der Waals surface area contributed by atoms with E-state index in [1.54, 1.807) is 12.1 Å². The van der Waals surface area contributed by atoms with Gasteiger partial charge in [-0.25, -0.2) is 4.39 Å². The average Bonchev–Trinajstić information content (AvgIpc) is 2.34. The van der Waals surface area contributed by atoms with E-state index < -0.39 is 0 Å². The lowest BCUT2D eigenvalue weighted by molar-refractivity contribution is 0.162. The minimum absolute atomic E-state index is 0.189. The zero-order valence-electron chi connectivity index (χ0n) is 11.3. The minimum Gasteiger partial charge on any atom is -0.398 e. The average molecular weight is 250 g/mol. The molecule has 2 nitrogen and oxygen atoms in total. The van der Waals surface area contributed by atoms with Crippen LogP contribution in [0.5, 0.6) is 0 Å². The summed E-state index contributed by atoms with van der Waals surface area (Å²) in [7, 11) is 2.08. The van der Waals surface area contributed by atoms with Gasteiger partial charge in [-0.15, -0.1) is 0 Å². The molecule has 0 saturated heterocycles. The highest BCUT2D eigenvalue weighted by Gasteiger charge is 2.22. The van der Waals surface area contributed by atoms with Crippen LogP contribution in [0.15, 0.2) is 18.2 Å². The lowest BCUT2D eigenvalue weighted by Gasteiger charge is -2.33. The fourth-order valence-electron chi connectivity index (χ4n) is 2.80. The van der Waals surface area contributed by atoms with Gasteiger partial charge >= 0.3 is 0 Å². The van der Waals surface area contributed by atoms with E-state index in [2.05, 4.69) is 18.9 Å². The lowest BCUT2D eigenvalue weighted by atomic mass is 9.86. The third kappa shape index (κ3) is 3.02. The molecule has 0 amide bonds. The Morgan fingerprint density at radius 1 is 1.28 bits per heavy atom. The summed E-state index contributed by atoms with van der Waals surface area (Å²) in [6, 6.07) is 5.49. The smallest absolute Gasteiger partial charge is 0.129 e. The molecule has 0 heterocycles. The second-order valence-corrected chi connectivity index (χ2v) is 5.64. The van der Waals surface area contributed by atoms with Crippen molar-refractivity contribution in [1.82, 2.24) is 4.90 Å². The number of rotatable bonds is 3. The molecular weight excluding hydrogens is 227 g/mol. The highest BCUT2D eigenvalue weighted by atomic mass is 19.1. The molecule has 0 radical (unpaired) electrons. The van der Waals surface area contributed by atoms with Crippen LogP contribution in [-0.2, 0) is 6.54 Å². The summed E-state index contributed by atoms with van der Waals surface area (Å²) >= 11 is 0. The van der Waals surface area contributed by atoms with Crippen LogP contribution < -0.4 is 5.73 Å². The van der Waals surface area contributed by atoms with E-state index in [-0.39, 0.29) is 5.82 Å². The van der Waals surface area contributed by atoms with Gasteiger partial charge in [0.25, 0.3) is 0 Å². The molecule has 1 aromatic rings. The van der Waals surface area contributed by atoms with E-state index in [0.29, 0.717) is 23.8 Å². The monoisotopic (exact) mass is 250 g/mol. The normalized spacial score (nSPS) is 24.4. The Kier molecular flexibility index (Phi) is 4.23. The van der Waals surface area contributed by atoms with E-state index in [0.717, 1.165) is 5.92 Å². The van der Waals surface area contributed by atoms with Gasteiger partial charge in [0, 0.05) is 23.8 Å². The maximum Gasteiger partial charge on any atom is 0.129 e. The summed E-state index contributed by atoms with van der Waals surface area (Å²) in [4.78, 5) is 2.25. The molecule has 0 aromatic heterocycles. The number of halogens is 1. The first-order valence-corrected chi connectivity index (χ1v) is 6.81. The molecule has 0 bridgehead atoms. The third-order valence-electron chi connectivity index (χ3n) is 4.17. The Bertz CT molecular complexity index is 377. The number of nitrogens with zero attached hydrogens (tertiary/aromatic N) is 1. The fraction of sp³-hybridized carbons (Fsp3) is 0.600. The maximum atomic E-state index is 13.7. The molecule has 100 valence electrons. The van der Waals surface area contributed by atoms with E-state index in [9.17, 15) is 4.39 Å². The SMILES string of the molecule is CC1CCC(N(C)Cc2c(N)cccc2F)CC1. The first-order valence-electron chi connectivity index (χ1n) is 6.81. The molecule has 0 atom stereocenters. The topological polar surface area (TPSA) is 29.3 Å². The van der Waals surface area contributed by atoms with Crippen molar-refractivity contribution in [3.8, 4) is 0 Å². The van der Waals surface area contributed by atoms with Crippen molar-refractivity contribution in [2.75, 3.05) is 12.8 Å². The summed E-state index contributed by atoms with van der Waals surface area (Å²) in [5.74, 6) is 0.652. The van der Waals surface area contributed by atoms with Crippen molar-refractivity contribution < 1.29 is 4.39 Å². The van der Waals surface area contributed by atoms with Crippen LogP contribution in [0.3, 0.4) is 0 Å². The Hall–Kier alpha value is -1.09. The quantitative estimate of drug-likeness (QED) is 0.833. The number of anilines is 1. The van der Waals surface area contributed by atoms with Crippen LogP contribution in [0.2, 0.25) is 0 Å². The first kappa shape index (κ1) is 13.3. The van der Waals surface area contributed by atoms with Crippen LogP contribution >= 0.6 is 0 Å². The fourth-order valence-corrected chi connectivity index (χ4v) is 2.80. The molecule has 0 unspecified atom stereocenters. The standard InChI is InChI=1S/C15H23FN2/c1-11-6-8-12(9-7-11)18(2)10-13-14(16)4-3-5-15(13)17/h3-5,11-12H,6-10,17H2,1-2H3. The lowest BCUT2D eigenvalue weighted by Crippen LogP contribution is -2.34. The van der Waals surface area contributed by atoms with Crippen molar-refractivity contribution in [1.29, 1.82) is 0 Å². The summed E-state index contributed by atoms with van der Waals surface area (Å²) in [5, 5.41) is 0. The summed E-state index contributed by atoms with van der Waals surface area (Å²) < 4.78 is 13.7. The molecule has 1 aromatic carbocycles. The highest BCUT2D eigenvalue weighted by Crippen LogP contribution is 2.28. The van der Waals surface area contributed by atoms with Crippen LogP contribution in [0.1, 0.15) is 38.2 Å². The van der Waals surface area contributed by atoms with Crippen LogP contribution in [0.25, 0.3) is 0 Å². The molecule has 1 aliphatic carbocycles. The molecule has 0 spiro atoms. The van der Waals surface area contributed by atoms with Gasteiger partial charge in [-0.05, 0) is 50.8 Å². The highest BCUT2D eigenvalue weighted by molar-refractivity contribution is 5.47. The second kappa shape index (κ2) is 5.70. The summed E-state index contributed by atoms with van der Waals surface area (Å²) in [6.45, 7) is 2.92. The first-order chi connectivity index (χ1) is 8.58. The van der Waals surface area contributed by atoms with Gasteiger partial charge in [0.05, 0.1) is 0 Å². The molecule has 1 fully saturated rings. The Morgan fingerprint density at radius 3 is 2.56 bits per heavy atom. The van der Waals surface area contributed by atoms with E-state index in [1.165, 1.54) is 31.7 Å². The van der Waals surface area contributed by atoms with E-state index in [1.807, 2.05) is 0 Å². The minimum atomic E-state index is -0.189. The summed E-state index contributed by atoms with van der Waals surface area (Å²) in [5.41, 5.74) is 7.05. The molecule has 2 N–H and O–H groups in total. The van der Waals surface area contributed by atoms with Gasteiger partial charge in [-0.2, -0.15) is 0 Å². The van der Waals surface area contributed by atoms with E-state index >= 15 is 0 Å². The van der Waals surface area contributed by atoms with Crippen LogP contribution in [0, 0.1) is 11.7 Å². The molecular formula is C15H23FN2. The summed E-state index contributed by atoms with van der Waals surface area (Å²) in [6.07, 6.45) is 4.99. The van der Waals surface area contributed by atoms with Gasteiger partial charge < -0.3 is 5.73 Å². The van der Waals surface area contributed by atoms with E-state index in [4.69, 9.17) is 5.73 Å². The maximum absolute atomic E-state index is 13.7. The zero-order chi connectivity index (χ0) is 13.1. The van der Waals surface area contributed by atoms with Gasteiger partial charge in [-0.1, -0.05) is 13.0 Å². The third-order valence-corrected chi connectivity index (χ3v) is 4.17. The predicted molar refractivity (Wildman–Crippen MR) is 73.7 cm³/mol. The van der Waals surface area contributed by atoms with Crippen molar-refractivity contribution in [2.45, 2.75) is 45.2 Å². The van der Waals surface area contributed by atoms with Gasteiger partial charge in [0.15, 0.2) is 0 Å². The van der Waals surface area contributed by atoms with Gasteiger partial charge in [-0.3, -0.25) is 4.90 Å². The number of nitrogens with two attached hydrogens (primary N) is 1. The van der Waals surface area contributed by atoms with Gasteiger partial charge in [0.1, 0.15) is 5.82 Å². The zero-order valence-corrected chi connectivity index (χ0v) is 11.3. The molecule has 1 saturated carbocycles. The van der Waals surface area contributed by atoms with Gasteiger partial charge in [0.2, 0.25) is 0 Å². The second-order valence-electron chi connectivity index (χ2n) is 5.64. The van der Waals surface area contributed by atoms with Crippen LogP contribution in [0.4, 0.5) is 10.1 Å². The van der Waals surface area contributed by atoms with Crippen molar-refractivity contribution in [2.24, 2.45) is 5.92 Å². The van der Waals surface area contributed by atoms with Crippen molar-refractivity contribution in [3.63, 3.8) is 0 Å². The molecule has 18 heavy (non-hydrogen) atoms. The molecule has 0 aliphatic heterocycles. The Balaban J connectivity index is 2.00. The Morgan fingerprint density at radius 2 is 1.94 bits per heavy atom. The van der Waals surface area contributed by atoms with Crippen molar-refractivity contribution in [3.05, 3.63) is 29.6 Å². The molecule has 2 rings (SSSR count).